The van der Waals surface area contributed by atoms with E-state index in [0.29, 0.717) is 18.8 Å². The van der Waals surface area contributed by atoms with Gasteiger partial charge in [0.05, 0.1) is 11.0 Å². The summed E-state index contributed by atoms with van der Waals surface area (Å²) in [5, 5.41) is 14.2. The summed E-state index contributed by atoms with van der Waals surface area (Å²) in [6, 6.07) is 2.09. The van der Waals surface area contributed by atoms with Crippen molar-refractivity contribution in [3.63, 3.8) is 0 Å². The van der Waals surface area contributed by atoms with Crippen molar-refractivity contribution in [1.29, 1.82) is 0 Å². The summed E-state index contributed by atoms with van der Waals surface area (Å²) in [4.78, 5) is 10.6. The van der Waals surface area contributed by atoms with Crippen molar-refractivity contribution in [2.24, 2.45) is 0 Å². The minimum atomic E-state index is -0.754. The Labute approximate surface area is 116 Å². The van der Waals surface area contributed by atoms with Crippen molar-refractivity contribution in [2.75, 3.05) is 17.6 Å². The van der Waals surface area contributed by atoms with E-state index in [1.807, 2.05) is 6.92 Å². The zero-order valence-corrected chi connectivity index (χ0v) is 12.3. The lowest BCUT2D eigenvalue weighted by Crippen LogP contribution is -2.32. The number of thiophene rings is 1. The first-order valence-electron chi connectivity index (χ1n) is 6.47. The van der Waals surface area contributed by atoms with E-state index in [9.17, 15) is 5.11 Å². The zero-order chi connectivity index (χ0) is 14.0. The van der Waals surface area contributed by atoms with Gasteiger partial charge in [0.2, 0.25) is 5.95 Å². The quantitative estimate of drug-likeness (QED) is 0.783. The predicted octanol–water partition coefficient (Wildman–Crippen LogP) is 2.41. The van der Waals surface area contributed by atoms with Crippen LogP contribution in [-0.2, 0) is 6.42 Å². The maximum absolute atomic E-state index is 10.0. The zero-order valence-electron chi connectivity index (χ0n) is 11.5. The Kier molecular flexibility index (Phi) is 3.91. The fourth-order valence-corrected chi connectivity index (χ4v) is 2.67. The van der Waals surface area contributed by atoms with Gasteiger partial charge in [0, 0.05) is 11.4 Å². The summed E-state index contributed by atoms with van der Waals surface area (Å²) < 4.78 is 0. The number of anilines is 2. The van der Waals surface area contributed by atoms with Gasteiger partial charge in [-0.15, -0.1) is 11.3 Å². The number of hydrogen-bond donors (Lipinski definition) is 3. The molecule has 0 aromatic carbocycles. The van der Waals surface area contributed by atoms with Crippen LogP contribution < -0.4 is 11.1 Å². The number of aromatic nitrogens is 2. The second-order valence-corrected chi connectivity index (χ2v) is 6.03. The first kappa shape index (κ1) is 14.0. The van der Waals surface area contributed by atoms with Crippen molar-refractivity contribution in [3.05, 3.63) is 10.9 Å². The molecule has 0 aliphatic carbocycles. The normalized spacial score (nSPS) is 14.5. The fraction of sp³-hybridized carbons (Fsp3) is 0.538. The Morgan fingerprint density at radius 3 is 2.79 bits per heavy atom. The van der Waals surface area contributed by atoms with E-state index in [-0.39, 0.29) is 5.95 Å². The van der Waals surface area contributed by atoms with E-state index >= 15 is 0 Å². The van der Waals surface area contributed by atoms with E-state index in [1.54, 1.807) is 18.3 Å². The molecule has 0 radical (unpaired) electrons. The summed E-state index contributed by atoms with van der Waals surface area (Å²) in [6.07, 6.45) is 1.64. The molecule has 0 saturated heterocycles. The molecule has 0 spiro atoms. The molecule has 0 fully saturated rings. The third-order valence-corrected chi connectivity index (χ3v) is 4.38. The molecular formula is C13H20N4OS. The van der Waals surface area contributed by atoms with Crippen LogP contribution in [-0.4, -0.2) is 27.2 Å². The molecule has 104 valence electrons. The summed E-state index contributed by atoms with van der Waals surface area (Å²) in [6.45, 7) is 6.29. The van der Waals surface area contributed by atoms with Gasteiger partial charge in [0.1, 0.15) is 10.6 Å². The van der Waals surface area contributed by atoms with E-state index in [2.05, 4.69) is 28.3 Å². The number of hydrogen-bond acceptors (Lipinski definition) is 6. The Morgan fingerprint density at radius 2 is 2.16 bits per heavy atom. The standard InChI is InChI=1S/C13H20N4OS/c1-4-8-6-9-10(15-7-13(3,18)5-2)16-12(14)17-11(9)19-8/h6,18H,4-5,7H2,1-3H3,(H3,14,15,16,17). The summed E-state index contributed by atoms with van der Waals surface area (Å²) >= 11 is 1.63. The molecule has 0 aliphatic rings. The SMILES string of the molecule is CCc1cc2c(NCC(C)(O)CC)nc(N)nc2s1. The molecule has 19 heavy (non-hydrogen) atoms. The topological polar surface area (TPSA) is 84.1 Å². The number of nitrogens with two attached hydrogens (primary N) is 1. The molecule has 6 heteroatoms. The van der Waals surface area contributed by atoms with Crippen LogP contribution in [0.3, 0.4) is 0 Å². The maximum atomic E-state index is 10.0. The third-order valence-electron chi connectivity index (χ3n) is 3.21. The molecule has 0 aliphatic heterocycles. The molecule has 2 heterocycles. The van der Waals surface area contributed by atoms with E-state index in [0.717, 1.165) is 16.6 Å². The van der Waals surface area contributed by atoms with Crippen molar-refractivity contribution in [2.45, 2.75) is 39.2 Å². The molecule has 1 atom stereocenters. The summed E-state index contributed by atoms with van der Waals surface area (Å²) in [5.41, 5.74) is 4.97. The lowest BCUT2D eigenvalue weighted by Gasteiger charge is -2.22. The van der Waals surface area contributed by atoms with Crippen LogP contribution in [0.4, 0.5) is 11.8 Å². The largest absolute Gasteiger partial charge is 0.388 e. The maximum Gasteiger partial charge on any atom is 0.223 e. The molecule has 2 rings (SSSR count). The van der Waals surface area contributed by atoms with Crippen LogP contribution in [0, 0.1) is 0 Å². The van der Waals surface area contributed by atoms with E-state index in [4.69, 9.17) is 5.73 Å². The fourth-order valence-electron chi connectivity index (χ4n) is 1.70. The van der Waals surface area contributed by atoms with Crippen LogP contribution in [0.1, 0.15) is 32.1 Å². The molecule has 1 unspecified atom stereocenters. The highest BCUT2D eigenvalue weighted by Crippen LogP contribution is 2.30. The predicted molar refractivity (Wildman–Crippen MR) is 80.6 cm³/mol. The van der Waals surface area contributed by atoms with Gasteiger partial charge in [-0.05, 0) is 25.8 Å². The minimum absolute atomic E-state index is 0.260. The first-order valence-corrected chi connectivity index (χ1v) is 7.29. The van der Waals surface area contributed by atoms with E-state index in [1.165, 1.54) is 4.88 Å². The molecule has 0 amide bonds. The number of rotatable bonds is 5. The van der Waals surface area contributed by atoms with Gasteiger partial charge in [-0.25, -0.2) is 4.98 Å². The molecule has 2 aromatic heterocycles. The van der Waals surface area contributed by atoms with Gasteiger partial charge in [-0.3, -0.25) is 0 Å². The van der Waals surface area contributed by atoms with Crippen molar-refractivity contribution in [1.82, 2.24) is 9.97 Å². The first-order chi connectivity index (χ1) is 8.95. The number of fused-ring (bicyclic) bond motifs is 1. The van der Waals surface area contributed by atoms with Gasteiger partial charge < -0.3 is 16.2 Å². The van der Waals surface area contributed by atoms with E-state index < -0.39 is 5.60 Å². The highest BCUT2D eigenvalue weighted by molar-refractivity contribution is 7.18. The Hall–Kier alpha value is -1.40. The second-order valence-electron chi connectivity index (χ2n) is 4.92. The highest BCUT2D eigenvalue weighted by Gasteiger charge is 2.18. The smallest absolute Gasteiger partial charge is 0.223 e. The van der Waals surface area contributed by atoms with Gasteiger partial charge in [0.25, 0.3) is 0 Å². The van der Waals surface area contributed by atoms with Crippen molar-refractivity contribution >= 4 is 33.3 Å². The average Bonchev–Trinajstić information content (AvgIpc) is 2.79. The van der Waals surface area contributed by atoms with Crippen LogP contribution >= 0.6 is 11.3 Å². The molecular weight excluding hydrogens is 260 g/mol. The molecule has 0 saturated carbocycles. The Morgan fingerprint density at radius 1 is 1.42 bits per heavy atom. The molecule has 5 nitrogen and oxygen atoms in total. The van der Waals surface area contributed by atoms with Crippen LogP contribution in [0.5, 0.6) is 0 Å². The van der Waals surface area contributed by atoms with Gasteiger partial charge in [0.15, 0.2) is 0 Å². The lowest BCUT2D eigenvalue weighted by atomic mass is 10.0. The molecule has 4 N–H and O–H groups in total. The number of aliphatic hydroxyl groups is 1. The monoisotopic (exact) mass is 280 g/mol. The number of nitrogens with one attached hydrogen (secondary N) is 1. The Balaban J connectivity index is 2.33. The summed E-state index contributed by atoms with van der Waals surface area (Å²) in [7, 11) is 0. The lowest BCUT2D eigenvalue weighted by molar-refractivity contribution is 0.0697. The van der Waals surface area contributed by atoms with Crippen molar-refractivity contribution < 1.29 is 5.11 Å². The molecule has 2 aromatic rings. The number of nitrogens with zero attached hydrogens (tertiary/aromatic N) is 2. The number of nitrogen functional groups attached to an aromatic ring is 1. The molecule has 0 bridgehead atoms. The highest BCUT2D eigenvalue weighted by atomic mass is 32.1. The van der Waals surface area contributed by atoms with Crippen LogP contribution in [0.15, 0.2) is 6.07 Å². The summed E-state index contributed by atoms with van der Waals surface area (Å²) in [5.74, 6) is 0.961. The van der Waals surface area contributed by atoms with Gasteiger partial charge >= 0.3 is 0 Å². The van der Waals surface area contributed by atoms with Crippen molar-refractivity contribution in [3.8, 4) is 0 Å². The minimum Gasteiger partial charge on any atom is -0.388 e. The average molecular weight is 280 g/mol. The number of aryl methyl sites for hydroxylation is 1. The Bertz CT molecular complexity index is 579. The van der Waals surface area contributed by atoms with Gasteiger partial charge in [-0.1, -0.05) is 13.8 Å². The van der Waals surface area contributed by atoms with Crippen LogP contribution in [0.25, 0.3) is 10.2 Å². The van der Waals surface area contributed by atoms with Gasteiger partial charge in [-0.2, -0.15) is 4.98 Å². The van der Waals surface area contributed by atoms with Crippen LogP contribution in [0.2, 0.25) is 0 Å². The third kappa shape index (κ3) is 3.13. The second kappa shape index (κ2) is 5.30.